The molecule has 2 aromatic rings. The molecule has 3 N–H and O–H groups in total. The fourth-order valence-corrected chi connectivity index (χ4v) is 3.03. The van der Waals surface area contributed by atoms with E-state index in [1.165, 1.54) is 0 Å². The van der Waals surface area contributed by atoms with E-state index >= 15 is 0 Å². The van der Waals surface area contributed by atoms with Crippen LogP contribution in [0.15, 0.2) is 16.8 Å². The van der Waals surface area contributed by atoms with Crippen LogP contribution in [0.3, 0.4) is 0 Å². The molecule has 0 spiro atoms. The lowest BCUT2D eigenvalue weighted by molar-refractivity contribution is -0.137. The summed E-state index contributed by atoms with van der Waals surface area (Å²) < 4.78 is 42.9. The third-order valence-electron chi connectivity index (χ3n) is 4.21. The molecule has 0 radical (unpaired) electrons. The highest BCUT2D eigenvalue weighted by molar-refractivity contribution is 6.32. The fourth-order valence-electron chi connectivity index (χ4n) is 2.80. The smallest absolute Gasteiger partial charge is 0.368 e. The lowest BCUT2D eigenvalue weighted by Crippen LogP contribution is -2.34. The molecule has 3 rings (SSSR count). The van der Waals surface area contributed by atoms with E-state index < -0.39 is 17.3 Å². The van der Waals surface area contributed by atoms with E-state index in [0.717, 1.165) is 37.9 Å². The van der Waals surface area contributed by atoms with Gasteiger partial charge in [-0.25, -0.2) is 4.98 Å². The van der Waals surface area contributed by atoms with Crippen molar-refractivity contribution in [3.63, 3.8) is 0 Å². The maximum atomic E-state index is 12.6. The first-order valence-electron chi connectivity index (χ1n) is 7.86. The lowest BCUT2D eigenvalue weighted by atomic mass is 9.99. The van der Waals surface area contributed by atoms with E-state index in [0.29, 0.717) is 24.7 Å². The molecule has 0 saturated heterocycles. The Morgan fingerprint density at radius 3 is 2.68 bits per heavy atom. The Morgan fingerprint density at radius 2 is 2.04 bits per heavy atom. The number of nitrogens with zero attached hydrogens (tertiary/aromatic N) is 3. The van der Waals surface area contributed by atoms with Crippen molar-refractivity contribution in [2.75, 3.05) is 11.9 Å². The van der Waals surface area contributed by atoms with E-state index in [1.807, 2.05) is 0 Å². The predicted molar refractivity (Wildman–Crippen MR) is 85.1 cm³/mol. The number of nitrogens with one attached hydrogen (secondary N) is 1. The second-order valence-electron chi connectivity index (χ2n) is 6.10. The SMILES string of the molecule is NC1(c2noc(CCNc3ncc(C(F)(F)F)cc3Cl)n2)CCCC1. The molecule has 0 amide bonds. The highest BCUT2D eigenvalue weighted by Crippen LogP contribution is 2.34. The number of hydrogen-bond acceptors (Lipinski definition) is 6. The van der Waals surface area contributed by atoms with E-state index in [1.54, 1.807) is 0 Å². The first-order valence-corrected chi connectivity index (χ1v) is 8.24. The van der Waals surface area contributed by atoms with E-state index in [2.05, 4.69) is 20.4 Å². The maximum Gasteiger partial charge on any atom is 0.417 e. The molecule has 2 aromatic heterocycles. The van der Waals surface area contributed by atoms with Gasteiger partial charge in [-0.15, -0.1) is 0 Å². The molecule has 0 bridgehead atoms. The Bertz CT molecular complexity index is 743. The molecule has 6 nitrogen and oxygen atoms in total. The number of nitrogens with two attached hydrogens (primary N) is 1. The summed E-state index contributed by atoms with van der Waals surface area (Å²) in [6.07, 6.45) is 0.373. The van der Waals surface area contributed by atoms with Crippen molar-refractivity contribution >= 4 is 17.4 Å². The zero-order valence-electron chi connectivity index (χ0n) is 13.2. The van der Waals surface area contributed by atoms with Crippen molar-refractivity contribution in [3.8, 4) is 0 Å². The molecule has 0 aliphatic heterocycles. The highest BCUT2D eigenvalue weighted by atomic mass is 35.5. The fraction of sp³-hybridized carbons (Fsp3) is 0.533. The summed E-state index contributed by atoms with van der Waals surface area (Å²) in [6.45, 7) is 0.331. The Hall–Kier alpha value is -1.87. The van der Waals surface area contributed by atoms with E-state index in [-0.39, 0.29) is 10.8 Å². The molecule has 10 heteroatoms. The molecule has 1 aliphatic carbocycles. The van der Waals surface area contributed by atoms with Gasteiger partial charge in [0, 0.05) is 19.2 Å². The van der Waals surface area contributed by atoms with Crippen molar-refractivity contribution in [2.45, 2.75) is 43.8 Å². The van der Waals surface area contributed by atoms with E-state index in [4.69, 9.17) is 21.9 Å². The molecule has 2 heterocycles. The second-order valence-corrected chi connectivity index (χ2v) is 6.51. The Kier molecular flexibility index (Phi) is 4.88. The van der Waals surface area contributed by atoms with Gasteiger partial charge in [0.25, 0.3) is 0 Å². The van der Waals surface area contributed by atoms with Gasteiger partial charge in [-0.05, 0) is 18.9 Å². The van der Waals surface area contributed by atoms with Gasteiger partial charge in [-0.3, -0.25) is 0 Å². The Balaban J connectivity index is 1.57. The Labute approximate surface area is 146 Å². The van der Waals surface area contributed by atoms with Crippen LogP contribution in [0.4, 0.5) is 19.0 Å². The summed E-state index contributed by atoms with van der Waals surface area (Å²) in [7, 11) is 0. The minimum absolute atomic E-state index is 0.104. The van der Waals surface area contributed by atoms with Crippen LogP contribution in [0, 0.1) is 0 Å². The minimum Gasteiger partial charge on any atom is -0.368 e. The lowest BCUT2D eigenvalue weighted by Gasteiger charge is -2.17. The van der Waals surface area contributed by atoms with Gasteiger partial charge < -0.3 is 15.6 Å². The number of aromatic nitrogens is 3. The number of anilines is 1. The van der Waals surface area contributed by atoms with Crippen molar-refractivity contribution in [3.05, 3.63) is 34.6 Å². The van der Waals surface area contributed by atoms with Gasteiger partial charge in [-0.2, -0.15) is 18.2 Å². The molecule has 1 aliphatic rings. The first-order chi connectivity index (χ1) is 11.8. The van der Waals surface area contributed by atoms with Crippen LogP contribution in [0.5, 0.6) is 0 Å². The maximum absolute atomic E-state index is 12.6. The zero-order chi connectivity index (χ0) is 18.1. The monoisotopic (exact) mass is 375 g/mol. The van der Waals surface area contributed by atoms with Crippen LogP contribution >= 0.6 is 11.6 Å². The van der Waals surface area contributed by atoms with Crippen molar-refractivity contribution < 1.29 is 17.7 Å². The first kappa shape index (κ1) is 17.9. The number of alkyl halides is 3. The molecular weight excluding hydrogens is 359 g/mol. The average molecular weight is 376 g/mol. The summed E-state index contributed by atoms with van der Waals surface area (Å²) in [6, 6.07) is 0.833. The molecule has 0 unspecified atom stereocenters. The van der Waals surface area contributed by atoms with Crippen LogP contribution in [-0.4, -0.2) is 21.7 Å². The van der Waals surface area contributed by atoms with Crippen molar-refractivity contribution in [1.29, 1.82) is 0 Å². The summed E-state index contributed by atoms with van der Waals surface area (Å²) in [4.78, 5) is 8.02. The summed E-state index contributed by atoms with van der Waals surface area (Å²) >= 11 is 5.83. The Morgan fingerprint density at radius 1 is 1.32 bits per heavy atom. The van der Waals surface area contributed by atoms with Crippen LogP contribution in [0.2, 0.25) is 5.02 Å². The van der Waals surface area contributed by atoms with Crippen LogP contribution in [0.25, 0.3) is 0 Å². The molecule has 0 aromatic carbocycles. The van der Waals surface area contributed by atoms with Crippen LogP contribution in [-0.2, 0) is 18.1 Å². The summed E-state index contributed by atoms with van der Waals surface area (Å²) in [5.74, 6) is 1.08. The number of rotatable bonds is 5. The largest absolute Gasteiger partial charge is 0.417 e. The van der Waals surface area contributed by atoms with Gasteiger partial charge in [-0.1, -0.05) is 29.6 Å². The molecule has 25 heavy (non-hydrogen) atoms. The summed E-state index contributed by atoms with van der Waals surface area (Å²) in [5.41, 5.74) is 4.85. The average Bonchev–Trinajstić information content (AvgIpc) is 3.18. The number of hydrogen-bond donors (Lipinski definition) is 2. The highest BCUT2D eigenvalue weighted by Gasteiger charge is 2.36. The van der Waals surface area contributed by atoms with Crippen molar-refractivity contribution in [1.82, 2.24) is 15.1 Å². The standard InChI is InChI=1S/C15H17ClF3N5O/c16-10-7-9(15(17,18)19)8-22-12(10)21-6-3-11-23-13(24-25-11)14(20)4-1-2-5-14/h7-8H,1-6,20H2,(H,21,22). The quantitative estimate of drug-likeness (QED) is 0.831. The summed E-state index contributed by atoms with van der Waals surface area (Å²) in [5, 5.41) is 6.70. The third kappa shape index (κ3) is 4.04. The molecule has 1 fully saturated rings. The van der Waals surface area contributed by atoms with Crippen LogP contribution < -0.4 is 11.1 Å². The molecule has 0 atom stereocenters. The van der Waals surface area contributed by atoms with Gasteiger partial charge in [0.15, 0.2) is 5.82 Å². The van der Waals surface area contributed by atoms with Gasteiger partial charge in [0.1, 0.15) is 5.82 Å². The predicted octanol–water partition coefficient (Wildman–Crippen LogP) is 3.52. The topological polar surface area (TPSA) is 89.9 Å². The molecule has 1 saturated carbocycles. The van der Waals surface area contributed by atoms with Crippen LogP contribution in [0.1, 0.15) is 43.0 Å². The second kappa shape index (κ2) is 6.80. The zero-order valence-corrected chi connectivity index (χ0v) is 14.0. The van der Waals surface area contributed by atoms with Gasteiger partial charge >= 0.3 is 6.18 Å². The third-order valence-corrected chi connectivity index (χ3v) is 4.50. The van der Waals surface area contributed by atoms with Gasteiger partial charge in [0.2, 0.25) is 5.89 Å². The van der Waals surface area contributed by atoms with E-state index in [9.17, 15) is 13.2 Å². The molecule has 136 valence electrons. The number of pyridine rings is 1. The normalized spacial score (nSPS) is 17.0. The minimum atomic E-state index is -4.48. The van der Waals surface area contributed by atoms with Gasteiger partial charge in [0.05, 0.1) is 16.1 Å². The number of halogens is 4. The molecular formula is C15H17ClF3N5O. The van der Waals surface area contributed by atoms with Crippen molar-refractivity contribution in [2.24, 2.45) is 5.73 Å².